The van der Waals surface area contributed by atoms with Crippen LogP contribution in [0.2, 0.25) is 0 Å². The number of hydrogen-bond acceptors (Lipinski definition) is 3. The molecule has 3 unspecified atom stereocenters. The van der Waals surface area contributed by atoms with Gasteiger partial charge in [-0.05, 0) is 37.1 Å². The molecule has 0 aliphatic carbocycles. The molecule has 1 amide bonds. The van der Waals surface area contributed by atoms with Gasteiger partial charge in [0.2, 0.25) is 5.91 Å². The number of benzene rings is 1. The van der Waals surface area contributed by atoms with E-state index in [1.54, 1.807) is 0 Å². The molecule has 1 fully saturated rings. The highest BCUT2D eigenvalue weighted by molar-refractivity contribution is 5.85. The van der Waals surface area contributed by atoms with Crippen molar-refractivity contribution in [3.05, 3.63) is 35.4 Å². The van der Waals surface area contributed by atoms with E-state index in [0.717, 1.165) is 32.6 Å². The van der Waals surface area contributed by atoms with Crippen molar-refractivity contribution < 1.29 is 4.79 Å². The smallest absolute Gasteiger partial charge is 0.229 e. The summed E-state index contributed by atoms with van der Waals surface area (Å²) in [6, 6.07) is 8.59. The Morgan fingerprint density at radius 1 is 1.38 bits per heavy atom. The molecular formula is C17H25N3O. The third kappa shape index (κ3) is 3.11. The fraction of sp³-hybridized carbons (Fsp3) is 0.588. The molecule has 114 valence electrons. The summed E-state index contributed by atoms with van der Waals surface area (Å²) in [5.41, 5.74) is 2.44. The fourth-order valence-corrected chi connectivity index (χ4v) is 3.58. The molecule has 4 nitrogen and oxygen atoms in total. The first-order valence-electron chi connectivity index (χ1n) is 7.92. The Bertz CT molecular complexity index is 517. The number of carbonyl (C=O) groups excluding carboxylic acids is 1. The minimum atomic E-state index is -0.0539. The van der Waals surface area contributed by atoms with Gasteiger partial charge in [0.25, 0.3) is 0 Å². The van der Waals surface area contributed by atoms with E-state index in [9.17, 15) is 4.79 Å². The second-order valence-electron chi connectivity index (χ2n) is 6.53. The van der Waals surface area contributed by atoms with Crippen molar-refractivity contribution >= 4 is 5.91 Å². The molecule has 0 spiro atoms. The Balaban J connectivity index is 1.69. The predicted molar refractivity (Wildman–Crippen MR) is 84.1 cm³/mol. The normalized spacial score (nSPS) is 29.7. The third-order valence-electron chi connectivity index (χ3n) is 4.85. The molecule has 4 heteroatoms. The van der Waals surface area contributed by atoms with Gasteiger partial charge >= 0.3 is 0 Å². The molecule has 3 rings (SSSR count). The summed E-state index contributed by atoms with van der Waals surface area (Å²) in [7, 11) is 2.15. The summed E-state index contributed by atoms with van der Waals surface area (Å²) >= 11 is 0. The number of nitrogens with one attached hydrogen (secondary N) is 2. The maximum Gasteiger partial charge on any atom is 0.229 e. The van der Waals surface area contributed by atoms with Crippen molar-refractivity contribution in [2.45, 2.75) is 31.8 Å². The van der Waals surface area contributed by atoms with Gasteiger partial charge in [0.05, 0.1) is 5.92 Å². The number of likely N-dealkylation sites (tertiary alicyclic amines) is 1. The first-order valence-corrected chi connectivity index (χ1v) is 7.92. The second kappa shape index (κ2) is 6.16. The molecule has 21 heavy (non-hydrogen) atoms. The maximum absolute atomic E-state index is 12.7. The van der Waals surface area contributed by atoms with Gasteiger partial charge in [-0.25, -0.2) is 0 Å². The molecule has 0 aromatic heterocycles. The molecule has 1 aromatic carbocycles. The Hall–Kier alpha value is -1.39. The molecule has 2 heterocycles. The molecule has 0 saturated carbocycles. The van der Waals surface area contributed by atoms with Gasteiger partial charge in [0.15, 0.2) is 0 Å². The minimum Gasteiger partial charge on any atom is -0.352 e. The zero-order valence-corrected chi connectivity index (χ0v) is 12.9. The molecule has 2 aliphatic heterocycles. The van der Waals surface area contributed by atoms with Crippen LogP contribution in [-0.2, 0) is 11.3 Å². The summed E-state index contributed by atoms with van der Waals surface area (Å²) in [6.45, 7) is 5.96. The lowest BCUT2D eigenvalue weighted by Gasteiger charge is -2.36. The van der Waals surface area contributed by atoms with Crippen LogP contribution in [0.1, 0.15) is 30.4 Å². The zero-order valence-electron chi connectivity index (χ0n) is 12.9. The van der Waals surface area contributed by atoms with E-state index in [1.165, 1.54) is 11.1 Å². The average molecular weight is 287 g/mol. The van der Waals surface area contributed by atoms with E-state index in [2.05, 4.69) is 41.6 Å². The fourth-order valence-electron chi connectivity index (χ4n) is 3.58. The Morgan fingerprint density at radius 3 is 3.00 bits per heavy atom. The van der Waals surface area contributed by atoms with Crippen LogP contribution >= 0.6 is 0 Å². The van der Waals surface area contributed by atoms with E-state index < -0.39 is 0 Å². The molecular weight excluding hydrogens is 262 g/mol. The highest BCUT2D eigenvalue weighted by Crippen LogP contribution is 2.25. The standard InChI is InChI=1S/C17H25N3O/c1-12-11-20(2)8-7-16(12)19-17(21)15-10-18-9-13-5-3-4-6-14(13)15/h3-6,12,15-16,18H,7-11H2,1-2H3,(H,19,21). The van der Waals surface area contributed by atoms with E-state index in [4.69, 9.17) is 0 Å². The van der Waals surface area contributed by atoms with Gasteiger partial charge in [-0.3, -0.25) is 4.79 Å². The van der Waals surface area contributed by atoms with Crippen LogP contribution in [0, 0.1) is 5.92 Å². The second-order valence-corrected chi connectivity index (χ2v) is 6.53. The SMILES string of the molecule is CC1CN(C)CCC1NC(=O)C1CNCc2ccccc21. The molecule has 2 aliphatic rings. The number of piperidine rings is 1. The number of nitrogens with zero attached hydrogens (tertiary/aromatic N) is 1. The third-order valence-corrected chi connectivity index (χ3v) is 4.85. The van der Waals surface area contributed by atoms with Crippen LogP contribution in [0.3, 0.4) is 0 Å². The van der Waals surface area contributed by atoms with Gasteiger partial charge in [-0.2, -0.15) is 0 Å². The van der Waals surface area contributed by atoms with Crippen LogP contribution < -0.4 is 10.6 Å². The van der Waals surface area contributed by atoms with Gasteiger partial charge < -0.3 is 15.5 Å². The summed E-state index contributed by atoms with van der Waals surface area (Å²) in [4.78, 5) is 15.0. The van der Waals surface area contributed by atoms with E-state index in [-0.39, 0.29) is 11.8 Å². The lowest BCUT2D eigenvalue weighted by atomic mass is 9.88. The largest absolute Gasteiger partial charge is 0.352 e. The van der Waals surface area contributed by atoms with Gasteiger partial charge in [-0.15, -0.1) is 0 Å². The van der Waals surface area contributed by atoms with Crippen molar-refractivity contribution in [3.8, 4) is 0 Å². The van der Waals surface area contributed by atoms with Crippen molar-refractivity contribution in [2.75, 3.05) is 26.7 Å². The first kappa shape index (κ1) is 14.5. The molecule has 0 bridgehead atoms. The predicted octanol–water partition coefficient (Wildman–Crippen LogP) is 1.33. The number of hydrogen-bond donors (Lipinski definition) is 2. The molecule has 2 N–H and O–H groups in total. The summed E-state index contributed by atoms with van der Waals surface area (Å²) in [5.74, 6) is 0.636. The highest BCUT2D eigenvalue weighted by atomic mass is 16.2. The molecule has 3 atom stereocenters. The Labute approximate surface area is 126 Å². The van der Waals surface area contributed by atoms with Crippen LogP contribution in [-0.4, -0.2) is 43.5 Å². The molecule has 1 aromatic rings. The maximum atomic E-state index is 12.7. The van der Waals surface area contributed by atoms with E-state index in [0.29, 0.717) is 12.0 Å². The number of rotatable bonds is 2. The quantitative estimate of drug-likeness (QED) is 0.862. The Kier molecular flexibility index (Phi) is 4.27. The van der Waals surface area contributed by atoms with Crippen molar-refractivity contribution in [2.24, 2.45) is 5.92 Å². The minimum absolute atomic E-state index is 0.0539. The summed E-state index contributed by atoms with van der Waals surface area (Å²) in [6.07, 6.45) is 1.05. The van der Waals surface area contributed by atoms with Crippen molar-refractivity contribution in [1.29, 1.82) is 0 Å². The van der Waals surface area contributed by atoms with Crippen LogP contribution in [0.15, 0.2) is 24.3 Å². The highest BCUT2D eigenvalue weighted by Gasteiger charge is 2.30. The average Bonchev–Trinajstić information content (AvgIpc) is 2.49. The van der Waals surface area contributed by atoms with Crippen LogP contribution in [0.4, 0.5) is 0 Å². The molecule has 0 radical (unpaired) electrons. The monoisotopic (exact) mass is 287 g/mol. The first-order chi connectivity index (χ1) is 10.1. The summed E-state index contributed by atoms with van der Waals surface area (Å²) < 4.78 is 0. The summed E-state index contributed by atoms with van der Waals surface area (Å²) in [5, 5.41) is 6.65. The van der Waals surface area contributed by atoms with E-state index in [1.807, 2.05) is 12.1 Å². The lowest BCUT2D eigenvalue weighted by Crippen LogP contribution is -2.51. The lowest BCUT2D eigenvalue weighted by molar-refractivity contribution is -0.124. The van der Waals surface area contributed by atoms with Crippen LogP contribution in [0.5, 0.6) is 0 Å². The van der Waals surface area contributed by atoms with Crippen molar-refractivity contribution in [1.82, 2.24) is 15.5 Å². The topological polar surface area (TPSA) is 44.4 Å². The number of carbonyl (C=O) groups is 1. The zero-order chi connectivity index (χ0) is 14.8. The molecule has 1 saturated heterocycles. The van der Waals surface area contributed by atoms with Gasteiger partial charge in [0.1, 0.15) is 0 Å². The van der Waals surface area contributed by atoms with Gasteiger partial charge in [-0.1, -0.05) is 31.2 Å². The van der Waals surface area contributed by atoms with E-state index >= 15 is 0 Å². The van der Waals surface area contributed by atoms with Gasteiger partial charge in [0, 0.05) is 25.7 Å². The van der Waals surface area contributed by atoms with Crippen LogP contribution in [0.25, 0.3) is 0 Å². The van der Waals surface area contributed by atoms with Crippen molar-refractivity contribution in [3.63, 3.8) is 0 Å². The Morgan fingerprint density at radius 2 is 2.19 bits per heavy atom. The number of fused-ring (bicyclic) bond motifs is 1. The number of amides is 1.